The number of rotatable bonds is 2. The van der Waals surface area contributed by atoms with Gasteiger partial charge >= 0.3 is 0 Å². The average Bonchev–Trinajstić information content (AvgIpc) is 2.56. The number of imidazole rings is 1. The summed E-state index contributed by atoms with van der Waals surface area (Å²) in [5.41, 5.74) is 0.367. The van der Waals surface area contributed by atoms with Gasteiger partial charge in [-0.25, -0.2) is 18.7 Å². The third-order valence-electron chi connectivity index (χ3n) is 2.07. The first kappa shape index (κ1) is 11.5. The van der Waals surface area contributed by atoms with Crippen LogP contribution in [0.25, 0.3) is 11.2 Å². The first-order valence-corrected chi connectivity index (χ1v) is 5.17. The Morgan fingerprint density at radius 3 is 2.50 bits per heavy atom. The van der Waals surface area contributed by atoms with E-state index >= 15 is 0 Å². The van der Waals surface area contributed by atoms with E-state index in [1.807, 2.05) is 0 Å². The van der Waals surface area contributed by atoms with Gasteiger partial charge in [-0.3, -0.25) is 0 Å². The molecule has 0 radical (unpaired) electrons. The summed E-state index contributed by atoms with van der Waals surface area (Å²) in [5, 5.41) is -0.114. The van der Waals surface area contributed by atoms with Gasteiger partial charge in [0, 0.05) is 6.54 Å². The van der Waals surface area contributed by atoms with Crippen molar-refractivity contribution in [3.8, 4) is 0 Å². The van der Waals surface area contributed by atoms with Gasteiger partial charge in [0.2, 0.25) is 5.28 Å². The topological polar surface area (TPSA) is 43.6 Å². The van der Waals surface area contributed by atoms with Crippen LogP contribution in [0.15, 0.2) is 0 Å². The van der Waals surface area contributed by atoms with Crippen LogP contribution in [0.1, 0.15) is 19.2 Å². The number of hydrogen-bond donors (Lipinski definition) is 0. The fraction of sp³-hybridized carbons (Fsp3) is 0.375. The number of hydrogen-bond acceptors (Lipinski definition) is 3. The lowest BCUT2D eigenvalue weighted by Gasteiger charge is -2.03. The number of nitrogens with zero attached hydrogens (tertiary/aromatic N) is 4. The molecule has 0 atom stereocenters. The van der Waals surface area contributed by atoms with Crippen molar-refractivity contribution in [2.45, 2.75) is 19.9 Å². The van der Waals surface area contributed by atoms with Crippen LogP contribution in [0, 0.1) is 0 Å². The molecule has 0 N–H and O–H groups in total. The molecule has 0 aliphatic rings. The van der Waals surface area contributed by atoms with Crippen LogP contribution in [0.4, 0.5) is 8.78 Å². The number of aryl methyl sites for hydroxylation is 1. The van der Waals surface area contributed by atoms with E-state index in [2.05, 4.69) is 15.0 Å². The van der Waals surface area contributed by atoms with Crippen molar-refractivity contribution in [1.82, 2.24) is 19.5 Å². The maximum absolute atomic E-state index is 12.7. The third kappa shape index (κ3) is 1.72. The molecule has 0 fully saturated rings. The van der Waals surface area contributed by atoms with Crippen LogP contribution in [0.5, 0.6) is 0 Å². The van der Waals surface area contributed by atoms with Crippen molar-refractivity contribution < 1.29 is 8.78 Å². The van der Waals surface area contributed by atoms with Crippen molar-refractivity contribution in [2.75, 3.05) is 0 Å². The first-order valence-electron chi connectivity index (χ1n) is 4.42. The number of aromatic nitrogens is 4. The molecule has 0 unspecified atom stereocenters. The number of fused-ring (bicyclic) bond motifs is 1. The minimum absolute atomic E-state index is 0.0240. The second-order valence-corrected chi connectivity index (χ2v) is 3.67. The van der Waals surface area contributed by atoms with Gasteiger partial charge in [0.15, 0.2) is 16.6 Å². The molecule has 2 aromatic heterocycles. The zero-order chi connectivity index (χ0) is 11.9. The SMILES string of the molecule is CCn1c(C(F)F)nc2c(Cl)nc(Cl)nc21. The molecule has 2 heterocycles. The summed E-state index contributed by atoms with van der Waals surface area (Å²) in [4.78, 5) is 11.2. The molecule has 0 spiro atoms. The molecule has 86 valence electrons. The van der Waals surface area contributed by atoms with Crippen molar-refractivity contribution >= 4 is 34.4 Å². The van der Waals surface area contributed by atoms with Crippen LogP contribution in [0.3, 0.4) is 0 Å². The highest BCUT2D eigenvalue weighted by Gasteiger charge is 2.21. The fourth-order valence-electron chi connectivity index (χ4n) is 1.44. The van der Waals surface area contributed by atoms with Gasteiger partial charge in [-0.1, -0.05) is 11.6 Å². The number of alkyl halides is 2. The molecule has 0 aliphatic heterocycles. The summed E-state index contributed by atoms with van der Waals surface area (Å²) in [6.07, 6.45) is -2.69. The Kier molecular flexibility index (Phi) is 2.94. The molecule has 0 saturated carbocycles. The van der Waals surface area contributed by atoms with Gasteiger partial charge in [-0.05, 0) is 18.5 Å². The lowest BCUT2D eigenvalue weighted by molar-refractivity contribution is 0.136. The Morgan fingerprint density at radius 1 is 1.25 bits per heavy atom. The Morgan fingerprint density at radius 2 is 1.94 bits per heavy atom. The molecular formula is C8H6Cl2F2N4. The van der Waals surface area contributed by atoms with E-state index in [-0.39, 0.29) is 27.4 Å². The molecule has 2 aromatic rings. The van der Waals surface area contributed by atoms with Gasteiger partial charge in [0.05, 0.1) is 0 Å². The standard InChI is InChI=1S/C8H6Cl2F2N4/c1-2-16-6-3(13-7(16)5(11)12)4(9)14-8(10)15-6/h5H,2H2,1H3. The van der Waals surface area contributed by atoms with Gasteiger partial charge in [0.1, 0.15) is 5.52 Å². The van der Waals surface area contributed by atoms with E-state index in [9.17, 15) is 8.78 Å². The second kappa shape index (κ2) is 4.10. The van der Waals surface area contributed by atoms with Crippen LogP contribution >= 0.6 is 23.2 Å². The minimum atomic E-state index is -2.69. The molecular weight excluding hydrogens is 261 g/mol. The molecule has 0 amide bonds. The smallest absolute Gasteiger partial charge is 0.295 e. The summed E-state index contributed by atoms with van der Waals surface area (Å²) < 4.78 is 26.6. The van der Waals surface area contributed by atoms with Crippen LogP contribution in [0.2, 0.25) is 10.4 Å². The lowest BCUT2D eigenvalue weighted by Crippen LogP contribution is -2.02. The highest BCUT2D eigenvalue weighted by molar-refractivity contribution is 6.35. The van der Waals surface area contributed by atoms with Crippen molar-refractivity contribution in [3.63, 3.8) is 0 Å². The van der Waals surface area contributed by atoms with Gasteiger partial charge in [0.25, 0.3) is 6.43 Å². The number of halogens is 4. The Hall–Kier alpha value is -1.01. The monoisotopic (exact) mass is 266 g/mol. The predicted octanol–water partition coefficient (Wildman–Crippen LogP) is 3.09. The van der Waals surface area contributed by atoms with E-state index in [4.69, 9.17) is 23.2 Å². The molecule has 0 aliphatic carbocycles. The summed E-state index contributed by atoms with van der Waals surface area (Å²) in [7, 11) is 0. The summed E-state index contributed by atoms with van der Waals surface area (Å²) in [5.74, 6) is -0.379. The molecule has 16 heavy (non-hydrogen) atoms. The largest absolute Gasteiger partial charge is 0.308 e. The third-order valence-corrected chi connectivity index (χ3v) is 2.50. The zero-order valence-corrected chi connectivity index (χ0v) is 9.60. The maximum Gasteiger partial charge on any atom is 0.295 e. The fourth-order valence-corrected chi connectivity index (χ4v) is 1.85. The van der Waals surface area contributed by atoms with Crippen LogP contribution in [-0.2, 0) is 6.54 Å². The van der Waals surface area contributed by atoms with Crippen LogP contribution in [-0.4, -0.2) is 19.5 Å². The Bertz CT molecular complexity index is 540. The summed E-state index contributed by atoms with van der Waals surface area (Å²) in [6.45, 7) is 2.01. The van der Waals surface area contributed by atoms with E-state index in [1.165, 1.54) is 4.57 Å². The minimum Gasteiger partial charge on any atom is -0.308 e. The van der Waals surface area contributed by atoms with Gasteiger partial charge < -0.3 is 4.57 Å². The molecule has 4 nitrogen and oxygen atoms in total. The highest BCUT2D eigenvalue weighted by atomic mass is 35.5. The Labute approximate surface area is 99.2 Å². The highest BCUT2D eigenvalue weighted by Crippen LogP contribution is 2.27. The maximum atomic E-state index is 12.7. The lowest BCUT2D eigenvalue weighted by atomic mass is 10.5. The molecule has 2 rings (SSSR count). The summed E-state index contributed by atoms with van der Waals surface area (Å²) >= 11 is 11.4. The summed E-state index contributed by atoms with van der Waals surface area (Å²) in [6, 6.07) is 0. The van der Waals surface area contributed by atoms with Crippen LogP contribution < -0.4 is 0 Å². The van der Waals surface area contributed by atoms with Crippen molar-refractivity contribution in [3.05, 3.63) is 16.3 Å². The van der Waals surface area contributed by atoms with Crippen molar-refractivity contribution in [2.24, 2.45) is 0 Å². The second-order valence-electron chi connectivity index (χ2n) is 2.97. The molecule has 0 bridgehead atoms. The van der Waals surface area contributed by atoms with Gasteiger partial charge in [-0.15, -0.1) is 0 Å². The van der Waals surface area contributed by atoms with E-state index in [0.29, 0.717) is 6.54 Å². The van der Waals surface area contributed by atoms with Gasteiger partial charge in [-0.2, -0.15) is 4.98 Å². The van der Waals surface area contributed by atoms with E-state index < -0.39 is 6.43 Å². The first-order chi connectivity index (χ1) is 7.54. The van der Waals surface area contributed by atoms with E-state index in [0.717, 1.165) is 0 Å². The molecule has 0 aromatic carbocycles. The predicted molar refractivity (Wildman–Crippen MR) is 56.0 cm³/mol. The Balaban J connectivity index is 2.82. The molecule has 8 heteroatoms. The quantitative estimate of drug-likeness (QED) is 0.620. The van der Waals surface area contributed by atoms with E-state index in [1.54, 1.807) is 6.92 Å². The zero-order valence-electron chi connectivity index (χ0n) is 8.09. The average molecular weight is 267 g/mol. The van der Waals surface area contributed by atoms with Crippen molar-refractivity contribution in [1.29, 1.82) is 0 Å². The normalized spacial score (nSPS) is 11.6. The molecule has 0 saturated heterocycles.